The number of benzene rings is 1. The van der Waals surface area contributed by atoms with E-state index in [9.17, 15) is 5.11 Å². The van der Waals surface area contributed by atoms with Crippen LogP contribution in [0.5, 0.6) is 5.75 Å². The lowest BCUT2D eigenvalue weighted by Crippen LogP contribution is -1.89. The Balaban J connectivity index is 2.62. The maximum Gasteiger partial charge on any atom is 0.142 e. The summed E-state index contributed by atoms with van der Waals surface area (Å²) < 4.78 is 0. The fraction of sp³-hybridized carbons (Fsp3) is 0.222. The third-order valence-corrected chi connectivity index (χ3v) is 2.67. The van der Waals surface area contributed by atoms with E-state index in [1.165, 1.54) is 0 Å². The largest absolute Gasteiger partial charge is 0.506 e. The van der Waals surface area contributed by atoms with Gasteiger partial charge in [0.15, 0.2) is 0 Å². The minimum absolute atomic E-state index is 0.286. The zero-order valence-electron chi connectivity index (χ0n) is 6.74. The van der Waals surface area contributed by atoms with Gasteiger partial charge in [-0.2, -0.15) is 0 Å². The molecule has 0 amide bonds. The summed E-state index contributed by atoms with van der Waals surface area (Å²) in [7, 11) is 0. The average molecular weight is 179 g/mol. The smallest absolute Gasteiger partial charge is 0.142 e. The number of phenols is 1. The standard InChI is InChI=1S/C9H9NOS/c1-6-4-7(11)9-8(5-6)12-3-2-10-9/h2,4-5,11H,3H2,1H3. The summed E-state index contributed by atoms with van der Waals surface area (Å²) in [5, 5.41) is 9.51. The maximum absolute atomic E-state index is 9.51. The molecule has 0 fully saturated rings. The van der Waals surface area contributed by atoms with E-state index >= 15 is 0 Å². The molecule has 0 aromatic heterocycles. The van der Waals surface area contributed by atoms with Crippen molar-refractivity contribution >= 4 is 23.7 Å². The first-order chi connectivity index (χ1) is 5.77. The van der Waals surface area contributed by atoms with Gasteiger partial charge in [-0.3, -0.25) is 4.99 Å². The van der Waals surface area contributed by atoms with Gasteiger partial charge >= 0.3 is 0 Å². The number of aromatic hydroxyl groups is 1. The second-order valence-corrected chi connectivity index (χ2v) is 3.82. The van der Waals surface area contributed by atoms with Crippen molar-refractivity contribution in [2.75, 3.05) is 5.75 Å². The van der Waals surface area contributed by atoms with Crippen LogP contribution in [0.4, 0.5) is 5.69 Å². The van der Waals surface area contributed by atoms with E-state index in [2.05, 4.69) is 11.1 Å². The summed E-state index contributed by atoms with van der Waals surface area (Å²) in [5.74, 6) is 1.18. The van der Waals surface area contributed by atoms with Crippen molar-refractivity contribution in [2.45, 2.75) is 11.8 Å². The molecular formula is C9H9NOS. The fourth-order valence-electron chi connectivity index (χ4n) is 1.22. The first-order valence-corrected chi connectivity index (χ1v) is 4.75. The molecular weight excluding hydrogens is 170 g/mol. The highest BCUT2D eigenvalue weighted by molar-refractivity contribution is 8.00. The van der Waals surface area contributed by atoms with Crippen LogP contribution < -0.4 is 0 Å². The van der Waals surface area contributed by atoms with E-state index in [0.717, 1.165) is 21.9 Å². The van der Waals surface area contributed by atoms with Crippen molar-refractivity contribution in [3.05, 3.63) is 17.7 Å². The molecule has 1 aromatic carbocycles. The molecule has 0 spiro atoms. The first kappa shape index (κ1) is 7.68. The summed E-state index contributed by atoms with van der Waals surface area (Å²) in [6.45, 7) is 1.97. The molecule has 0 unspecified atom stereocenters. The molecule has 0 saturated heterocycles. The molecule has 1 aliphatic heterocycles. The number of rotatable bonds is 0. The Bertz CT molecular complexity index is 347. The van der Waals surface area contributed by atoms with Crippen LogP contribution in [-0.2, 0) is 0 Å². The number of thioether (sulfide) groups is 1. The van der Waals surface area contributed by atoms with Crippen LogP contribution in [0.3, 0.4) is 0 Å². The highest BCUT2D eigenvalue weighted by Crippen LogP contribution is 2.39. The van der Waals surface area contributed by atoms with Crippen LogP contribution in [0.2, 0.25) is 0 Å². The lowest BCUT2D eigenvalue weighted by molar-refractivity contribution is 0.475. The molecule has 0 bridgehead atoms. The topological polar surface area (TPSA) is 32.6 Å². The molecule has 12 heavy (non-hydrogen) atoms. The molecule has 2 rings (SSSR count). The lowest BCUT2D eigenvalue weighted by atomic mass is 10.2. The Labute approximate surface area is 75.3 Å². The summed E-state index contributed by atoms with van der Waals surface area (Å²) >= 11 is 1.71. The number of aliphatic imine (C=N–C) groups is 1. The zero-order valence-corrected chi connectivity index (χ0v) is 7.56. The van der Waals surface area contributed by atoms with Crippen molar-refractivity contribution in [1.29, 1.82) is 0 Å². The van der Waals surface area contributed by atoms with Gasteiger partial charge in [0.25, 0.3) is 0 Å². The fourth-order valence-corrected chi connectivity index (χ4v) is 2.11. The molecule has 0 radical (unpaired) electrons. The van der Waals surface area contributed by atoms with Crippen LogP contribution in [0.1, 0.15) is 5.56 Å². The predicted molar refractivity (Wildman–Crippen MR) is 51.7 cm³/mol. The summed E-state index contributed by atoms with van der Waals surface area (Å²) in [6.07, 6.45) is 1.82. The number of nitrogens with zero attached hydrogens (tertiary/aromatic N) is 1. The van der Waals surface area contributed by atoms with Gasteiger partial charge in [0, 0.05) is 16.9 Å². The molecule has 1 heterocycles. The third-order valence-electron chi connectivity index (χ3n) is 1.73. The van der Waals surface area contributed by atoms with Gasteiger partial charge in [-0.05, 0) is 24.6 Å². The summed E-state index contributed by atoms with van der Waals surface area (Å²) in [5.41, 5.74) is 1.80. The van der Waals surface area contributed by atoms with Crippen LogP contribution in [-0.4, -0.2) is 17.1 Å². The third kappa shape index (κ3) is 1.20. The van der Waals surface area contributed by atoms with Gasteiger partial charge in [-0.25, -0.2) is 0 Å². The van der Waals surface area contributed by atoms with Gasteiger partial charge in [0.2, 0.25) is 0 Å². The number of hydrogen-bond donors (Lipinski definition) is 1. The minimum atomic E-state index is 0.286. The van der Waals surface area contributed by atoms with E-state index in [1.807, 2.05) is 13.1 Å². The number of fused-ring (bicyclic) bond motifs is 1. The highest BCUT2D eigenvalue weighted by atomic mass is 32.2. The van der Waals surface area contributed by atoms with Crippen LogP contribution >= 0.6 is 11.8 Å². The average Bonchev–Trinajstić information content (AvgIpc) is 2.04. The van der Waals surface area contributed by atoms with Crippen LogP contribution in [0.15, 0.2) is 22.0 Å². The summed E-state index contributed by atoms with van der Waals surface area (Å²) in [6, 6.07) is 3.79. The van der Waals surface area contributed by atoms with E-state index in [0.29, 0.717) is 0 Å². The van der Waals surface area contributed by atoms with Gasteiger partial charge in [-0.15, -0.1) is 11.8 Å². The molecule has 2 nitrogen and oxygen atoms in total. The Morgan fingerprint density at radius 1 is 1.50 bits per heavy atom. The molecule has 62 valence electrons. The van der Waals surface area contributed by atoms with Gasteiger partial charge in [0.1, 0.15) is 11.4 Å². The van der Waals surface area contributed by atoms with Crippen LogP contribution in [0.25, 0.3) is 0 Å². The number of aryl methyl sites for hydroxylation is 1. The number of hydrogen-bond acceptors (Lipinski definition) is 3. The second-order valence-electron chi connectivity index (χ2n) is 2.75. The van der Waals surface area contributed by atoms with E-state index < -0.39 is 0 Å². The van der Waals surface area contributed by atoms with Crippen molar-refractivity contribution in [3.8, 4) is 5.75 Å². The monoisotopic (exact) mass is 179 g/mol. The molecule has 1 aromatic rings. The zero-order chi connectivity index (χ0) is 8.55. The lowest BCUT2D eigenvalue weighted by Gasteiger charge is -2.10. The molecule has 0 aliphatic carbocycles. The van der Waals surface area contributed by atoms with Gasteiger partial charge in [-0.1, -0.05) is 0 Å². The molecule has 1 N–H and O–H groups in total. The Morgan fingerprint density at radius 3 is 3.17 bits per heavy atom. The molecule has 0 saturated carbocycles. The Kier molecular flexibility index (Phi) is 1.81. The number of phenolic OH excluding ortho intramolecular Hbond substituents is 1. The Hall–Kier alpha value is -0.960. The second kappa shape index (κ2) is 2.83. The predicted octanol–water partition coefficient (Wildman–Crippen LogP) is 2.51. The summed E-state index contributed by atoms with van der Waals surface area (Å²) in [4.78, 5) is 5.22. The van der Waals surface area contributed by atoms with E-state index in [-0.39, 0.29) is 5.75 Å². The molecule has 0 atom stereocenters. The van der Waals surface area contributed by atoms with Crippen molar-refractivity contribution in [1.82, 2.24) is 0 Å². The van der Waals surface area contributed by atoms with E-state index in [4.69, 9.17) is 0 Å². The van der Waals surface area contributed by atoms with Crippen molar-refractivity contribution < 1.29 is 5.11 Å². The van der Waals surface area contributed by atoms with Crippen molar-refractivity contribution in [3.63, 3.8) is 0 Å². The highest BCUT2D eigenvalue weighted by Gasteiger charge is 2.10. The van der Waals surface area contributed by atoms with Gasteiger partial charge in [0.05, 0.1) is 0 Å². The normalized spacial score (nSPS) is 14.4. The van der Waals surface area contributed by atoms with Crippen LogP contribution in [0, 0.1) is 6.92 Å². The molecule has 1 aliphatic rings. The van der Waals surface area contributed by atoms with Crippen molar-refractivity contribution in [2.24, 2.45) is 4.99 Å². The molecule has 3 heteroatoms. The van der Waals surface area contributed by atoms with E-state index in [1.54, 1.807) is 17.8 Å². The van der Waals surface area contributed by atoms with Gasteiger partial charge < -0.3 is 5.11 Å². The SMILES string of the molecule is Cc1cc(O)c2c(c1)SCC=N2. The quantitative estimate of drug-likeness (QED) is 0.663. The Morgan fingerprint density at radius 2 is 2.33 bits per heavy atom. The maximum atomic E-state index is 9.51. The first-order valence-electron chi connectivity index (χ1n) is 3.76. The minimum Gasteiger partial charge on any atom is -0.506 e.